The van der Waals surface area contributed by atoms with Crippen LogP contribution in [0.4, 0.5) is 4.39 Å². The molecular formula is C15H11FN2O2. The Kier molecular flexibility index (Phi) is 2.75. The lowest BCUT2D eigenvalue weighted by Gasteiger charge is -2.11. The maximum Gasteiger partial charge on any atom is 0.266 e. The maximum absolute atomic E-state index is 13.7. The highest BCUT2D eigenvalue weighted by atomic mass is 19.1. The molecule has 0 saturated heterocycles. The first-order valence-corrected chi connectivity index (χ1v) is 6.05. The van der Waals surface area contributed by atoms with Gasteiger partial charge in [0.15, 0.2) is 0 Å². The molecule has 0 atom stereocenters. The van der Waals surface area contributed by atoms with Gasteiger partial charge in [0.25, 0.3) is 5.56 Å². The van der Waals surface area contributed by atoms with Crippen molar-refractivity contribution in [3.8, 4) is 11.4 Å². The summed E-state index contributed by atoms with van der Waals surface area (Å²) in [6.45, 7) is 1.64. The van der Waals surface area contributed by atoms with Crippen LogP contribution in [0.2, 0.25) is 0 Å². The lowest BCUT2D eigenvalue weighted by molar-refractivity contribution is 0.475. The topological polar surface area (TPSA) is 55.1 Å². The third-order valence-electron chi connectivity index (χ3n) is 3.13. The molecule has 0 amide bonds. The van der Waals surface area contributed by atoms with E-state index in [-0.39, 0.29) is 22.2 Å². The molecule has 1 N–H and O–H groups in total. The fourth-order valence-electron chi connectivity index (χ4n) is 2.19. The smallest absolute Gasteiger partial charge is 0.266 e. The number of nitrogens with zero attached hydrogens (tertiary/aromatic N) is 2. The SMILES string of the molecule is Cc1nc2c(F)cccc2c(=O)n1-c1ccc(O)cc1. The van der Waals surface area contributed by atoms with E-state index in [1.807, 2.05) is 0 Å². The number of aromatic hydroxyl groups is 1. The summed E-state index contributed by atoms with van der Waals surface area (Å²) in [5, 5.41) is 9.52. The third-order valence-corrected chi connectivity index (χ3v) is 3.13. The lowest BCUT2D eigenvalue weighted by atomic mass is 10.2. The Morgan fingerprint density at radius 1 is 1.15 bits per heavy atom. The summed E-state index contributed by atoms with van der Waals surface area (Å²) in [6, 6.07) is 10.5. The third kappa shape index (κ3) is 1.84. The van der Waals surface area contributed by atoms with Gasteiger partial charge in [0.1, 0.15) is 22.9 Å². The molecule has 0 spiro atoms. The molecule has 0 fully saturated rings. The molecule has 0 bridgehead atoms. The van der Waals surface area contributed by atoms with Gasteiger partial charge >= 0.3 is 0 Å². The minimum atomic E-state index is -0.513. The van der Waals surface area contributed by atoms with Crippen LogP contribution in [0.5, 0.6) is 5.75 Å². The van der Waals surface area contributed by atoms with Gasteiger partial charge in [0, 0.05) is 0 Å². The highest BCUT2D eigenvalue weighted by Crippen LogP contribution is 2.17. The molecule has 3 aromatic rings. The summed E-state index contributed by atoms with van der Waals surface area (Å²) in [5.74, 6) is -0.0157. The Morgan fingerprint density at radius 3 is 2.55 bits per heavy atom. The molecule has 1 heterocycles. The molecule has 1 aromatic heterocycles. The zero-order valence-electron chi connectivity index (χ0n) is 10.7. The molecule has 100 valence electrons. The predicted octanol–water partition coefficient (Wildman–Crippen LogP) is 2.54. The quantitative estimate of drug-likeness (QED) is 0.739. The average Bonchev–Trinajstić information content (AvgIpc) is 2.42. The zero-order chi connectivity index (χ0) is 14.3. The van der Waals surface area contributed by atoms with E-state index in [4.69, 9.17) is 0 Å². The van der Waals surface area contributed by atoms with Crippen molar-refractivity contribution in [2.75, 3.05) is 0 Å². The summed E-state index contributed by atoms with van der Waals surface area (Å²) < 4.78 is 15.1. The lowest BCUT2D eigenvalue weighted by Crippen LogP contribution is -2.22. The van der Waals surface area contributed by atoms with E-state index in [0.717, 1.165) is 0 Å². The van der Waals surface area contributed by atoms with Crippen LogP contribution < -0.4 is 5.56 Å². The van der Waals surface area contributed by atoms with Crippen molar-refractivity contribution in [2.24, 2.45) is 0 Å². The standard InChI is InChI=1S/C15H11FN2O2/c1-9-17-14-12(3-2-4-13(14)16)15(20)18(9)10-5-7-11(19)8-6-10/h2-8,19H,1H3. The van der Waals surface area contributed by atoms with Crippen LogP contribution in [-0.2, 0) is 0 Å². The van der Waals surface area contributed by atoms with Crippen molar-refractivity contribution in [2.45, 2.75) is 6.92 Å². The number of aromatic nitrogens is 2. The van der Waals surface area contributed by atoms with Gasteiger partial charge in [-0.3, -0.25) is 9.36 Å². The van der Waals surface area contributed by atoms with Gasteiger partial charge in [-0.25, -0.2) is 9.37 Å². The van der Waals surface area contributed by atoms with Crippen LogP contribution >= 0.6 is 0 Å². The fraction of sp³-hybridized carbons (Fsp3) is 0.0667. The van der Waals surface area contributed by atoms with Gasteiger partial charge < -0.3 is 5.11 Å². The number of phenols is 1. The molecule has 0 aliphatic rings. The van der Waals surface area contributed by atoms with E-state index in [0.29, 0.717) is 11.5 Å². The highest BCUT2D eigenvalue weighted by Gasteiger charge is 2.12. The van der Waals surface area contributed by atoms with Crippen LogP contribution in [0.15, 0.2) is 47.3 Å². The summed E-state index contributed by atoms with van der Waals surface area (Å²) in [4.78, 5) is 16.6. The van der Waals surface area contributed by atoms with E-state index in [2.05, 4.69) is 4.98 Å². The molecule has 4 nitrogen and oxygen atoms in total. The van der Waals surface area contributed by atoms with Gasteiger partial charge in [-0.2, -0.15) is 0 Å². The average molecular weight is 270 g/mol. The number of aryl methyl sites for hydroxylation is 1. The van der Waals surface area contributed by atoms with Crippen LogP contribution in [0.3, 0.4) is 0 Å². The first kappa shape index (κ1) is 12.3. The number of phenolic OH excluding ortho intramolecular Hbond substituents is 1. The van der Waals surface area contributed by atoms with Crippen molar-refractivity contribution in [1.82, 2.24) is 9.55 Å². The van der Waals surface area contributed by atoms with Crippen molar-refractivity contribution >= 4 is 10.9 Å². The van der Waals surface area contributed by atoms with E-state index in [1.54, 1.807) is 25.1 Å². The predicted molar refractivity (Wildman–Crippen MR) is 73.7 cm³/mol. The minimum Gasteiger partial charge on any atom is -0.508 e. The number of fused-ring (bicyclic) bond motifs is 1. The first-order chi connectivity index (χ1) is 9.58. The van der Waals surface area contributed by atoms with E-state index < -0.39 is 5.82 Å². The minimum absolute atomic E-state index is 0.0741. The van der Waals surface area contributed by atoms with Crippen molar-refractivity contribution in [3.05, 3.63) is 64.5 Å². The van der Waals surface area contributed by atoms with E-state index >= 15 is 0 Å². The Hall–Kier alpha value is -2.69. The summed E-state index contributed by atoms with van der Waals surface area (Å²) in [5.41, 5.74) is 0.312. The second-order valence-electron chi connectivity index (χ2n) is 4.45. The number of rotatable bonds is 1. The van der Waals surface area contributed by atoms with Crippen molar-refractivity contribution in [3.63, 3.8) is 0 Å². The molecule has 2 aromatic carbocycles. The van der Waals surface area contributed by atoms with Crippen molar-refractivity contribution < 1.29 is 9.50 Å². The molecule has 5 heteroatoms. The van der Waals surface area contributed by atoms with E-state index in [9.17, 15) is 14.3 Å². The molecule has 0 saturated carbocycles. The van der Waals surface area contributed by atoms with Crippen molar-refractivity contribution in [1.29, 1.82) is 0 Å². The zero-order valence-corrected chi connectivity index (χ0v) is 10.7. The van der Waals surface area contributed by atoms with Gasteiger partial charge in [0.05, 0.1) is 11.1 Å². The monoisotopic (exact) mass is 270 g/mol. The second kappa shape index (κ2) is 4.45. The van der Waals surface area contributed by atoms with Crippen LogP contribution in [-0.4, -0.2) is 14.7 Å². The van der Waals surface area contributed by atoms with Crippen LogP contribution in [0, 0.1) is 12.7 Å². The number of hydrogen-bond acceptors (Lipinski definition) is 3. The Morgan fingerprint density at radius 2 is 1.85 bits per heavy atom. The number of para-hydroxylation sites is 1. The summed E-state index contributed by atoms with van der Waals surface area (Å²) in [7, 11) is 0. The van der Waals surface area contributed by atoms with E-state index in [1.165, 1.54) is 28.8 Å². The number of halogens is 1. The molecule has 20 heavy (non-hydrogen) atoms. The summed E-state index contributed by atoms with van der Waals surface area (Å²) >= 11 is 0. The first-order valence-electron chi connectivity index (χ1n) is 6.05. The Balaban J connectivity index is 2.37. The Labute approximate surface area is 113 Å². The number of benzene rings is 2. The highest BCUT2D eigenvalue weighted by molar-refractivity contribution is 5.78. The van der Waals surface area contributed by atoms with Gasteiger partial charge in [0.2, 0.25) is 0 Å². The molecule has 0 radical (unpaired) electrons. The Bertz CT molecular complexity index is 854. The second-order valence-corrected chi connectivity index (χ2v) is 4.45. The molecule has 0 unspecified atom stereocenters. The molecule has 3 rings (SSSR count). The largest absolute Gasteiger partial charge is 0.508 e. The summed E-state index contributed by atoms with van der Waals surface area (Å²) in [6.07, 6.45) is 0. The fourth-order valence-corrected chi connectivity index (χ4v) is 2.19. The normalized spacial score (nSPS) is 10.9. The molecule has 0 aliphatic carbocycles. The van der Waals surface area contributed by atoms with Gasteiger partial charge in [-0.05, 0) is 43.3 Å². The molecule has 0 aliphatic heterocycles. The number of hydrogen-bond donors (Lipinski definition) is 1. The molecular weight excluding hydrogens is 259 g/mol. The van der Waals surface area contributed by atoms with Gasteiger partial charge in [-0.1, -0.05) is 6.07 Å². The maximum atomic E-state index is 13.7. The van der Waals surface area contributed by atoms with Crippen LogP contribution in [0.25, 0.3) is 16.6 Å². The van der Waals surface area contributed by atoms with Gasteiger partial charge in [-0.15, -0.1) is 0 Å². The van der Waals surface area contributed by atoms with Crippen LogP contribution in [0.1, 0.15) is 5.82 Å².